The van der Waals surface area contributed by atoms with Crippen molar-refractivity contribution in [3.05, 3.63) is 57.6 Å². The molecule has 4 nitrogen and oxygen atoms in total. The van der Waals surface area contributed by atoms with E-state index >= 15 is 0 Å². The first-order valence-corrected chi connectivity index (χ1v) is 11.0. The zero-order valence-corrected chi connectivity index (χ0v) is 18.4. The van der Waals surface area contributed by atoms with Crippen LogP contribution in [0.25, 0.3) is 0 Å². The molecule has 2 rings (SSSR count). The van der Waals surface area contributed by atoms with E-state index in [0.717, 1.165) is 34.5 Å². The lowest BCUT2D eigenvalue weighted by Crippen LogP contribution is -2.35. The van der Waals surface area contributed by atoms with E-state index in [9.17, 15) is 8.42 Å². The molecule has 0 atom stereocenters. The summed E-state index contributed by atoms with van der Waals surface area (Å²) in [6, 6.07) is 8.28. The molecule has 0 aliphatic rings. The minimum absolute atomic E-state index is 0.370. The van der Waals surface area contributed by atoms with Gasteiger partial charge in [-0.15, -0.1) is 0 Å². The summed E-state index contributed by atoms with van der Waals surface area (Å²) in [5.74, 6) is 0. The fraction of sp³-hybridized carbons (Fsp3) is 0.455. The highest BCUT2D eigenvalue weighted by atomic mass is 32.2. The third-order valence-electron chi connectivity index (χ3n) is 5.62. The number of aryl methyl sites for hydroxylation is 1. The summed E-state index contributed by atoms with van der Waals surface area (Å²) < 4.78 is 28.9. The van der Waals surface area contributed by atoms with Gasteiger partial charge in [0.05, 0.1) is 4.90 Å². The maximum Gasteiger partial charge on any atom is 0.241 e. The van der Waals surface area contributed by atoms with Crippen LogP contribution in [-0.2, 0) is 10.0 Å². The van der Waals surface area contributed by atoms with Crippen LogP contribution in [0.5, 0.6) is 0 Å². The van der Waals surface area contributed by atoms with Gasteiger partial charge in [-0.1, -0.05) is 12.1 Å². The number of nitrogens with zero attached hydrogens (tertiary/aromatic N) is 1. The molecule has 5 heteroatoms. The Labute approximate surface area is 164 Å². The lowest BCUT2D eigenvalue weighted by molar-refractivity contribution is 0.579. The molecule has 148 valence electrons. The molecule has 0 heterocycles. The predicted molar refractivity (Wildman–Crippen MR) is 114 cm³/mol. The van der Waals surface area contributed by atoms with Crippen LogP contribution in [0, 0.1) is 41.5 Å². The lowest BCUT2D eigenvalue weighted by Gasteiger charge is -2.24. The number of hydrogen-bond donors (Lipinski definition) is 1. The molecule has 0 saturated heterocycles. The number of rotatable bonds is 7. The standard InChI is InChI=1S/C22H32N2O2S/c1-8-24(21-11-9-10-15(2)14-21)13-12-23-27(25,26)22-19(6)17(4)16(3)18(5)20(22)7/h9-11,14,23H,8,12-13H2,1-7H3. The Morgan fingerprint density at radius 1 is 0.889 bits per heavy atom. The summed E-state index contributed by atoms with van der Waals surface area (Å²) in [6.45, 7) is 15.8. The highest BCUT2D eigenvalue weighted by Gasteiger charge is 2.23. The van der Waals surface area contributed by atoms with E-state index in [4.69, 9.17) is 0 Å². The molecule has 2 aromatic carbocycles. The number of nitrogens with one attached hydrogen (secondary N) is 1. The van der Waals surface area contributed by atoms with Crippen LogP contribution in [0.3, 0.4) is 0 Å². The second-order valence-electron chi connectivity index (χ2n) is 7.27. The molecule has 1 N–H and O–H groups in total. The third kappa shape index (κ3) is 4.53. The Morgan fingerprint density at radius 2 is 1.44 bits per heavy atom. The average Bonchev–Trinajstić information content (AvgIpc) is 2.62. The number of anilines is 1. The van der Waals surface area contributed by atoms with Crippen LogP contribution in [0.4, 0.5) is 5.69 Å². The Bertz CT molecular complexity index is 905. The zero-order chi connectivity index (χ0) is 20.4. The van der Waals surface area contributed by atoms with Crippen molar-refractivity contribution in [2.24, 2.45) is 0 Å². The largest absolute Gasteiger partial charge is 0.370 e. The maximum absolute atomic E-state index is 13.0. The Hall–Kier alpha value is -1.85. The van der Waals surface area contributed by atoms with E-state index in [1.165, 1.54) is 11.1 Å². The summed E-state index contributed by atoms with van der Waals surface area (Å²) >= 11 is 0. The molecule has 0 fully saturated rings. The predicted octanol–water partition coefficient (Wildman–Crippen LogP) is 4.34. The quantitative estimate of drug-likeness (QED) is 0.767. The van der Waals surface area contributed by atoms with Gasteiger partial charge in [-0.05, 0) is 94.0 Å². The molecule has 0 aliphatic heterocycles. The van der Waals surface area contributed by atoms with Gasteiger partial charge in [-0.2, -0.15) is 0 Å². The SMILES string of the molecule is CCN(CCNS(=O)(=O)c1c(C)c(C)c(C)c(C)c1C)c1cccc(C)c1. The van der Waals surface area contributed by atoms with Crippen LogP contribution < -0.4 is 9.62 Å². The molecular weight excluding hydrogens is 356 g/mol. The highest BCUT2D eigenvalue weighted by Crippen LogP contribution is 2.29. The van der Waals surface area contributed by atoms with Crippen molar-refractivity contribution >= 4 is 15.7 Å². The second kappa shape index (κ2) is 8.44. The van der Waals surface area contributed by atoms with Crippen LogP contribution in [0.15, 0.2) is 29.2 Å². The van der Waals surface area contributed by atoms with Crippen molar-refractivity contribution in [3.8, 4) is 0 Å². The minimum atomic E-state index is -3.55. The molecule has 0 bridgehead atoms. The molecule has 27 heavy (non-hydrogen) atoms. The normalized spacial score (nSPS) is 11.7. The van der Waals surface area contributed by atoms with Crippen LogP contribution in [-0.4, -0.2) is 28.1 Å². The van der Waals surface area contributed by atoms with Gasteiger partial charge in [0, 0.05) is 25.3 Å². The molecule has 2 aromatic rings. The van der Waals surface area contributed by atoms with Gasteiger partial charge in [0.25, 0.3) is 0 Å². The van der Waals surface area contributed by atoms with E-state index in [0.29, 0.717) is 18.0 Å². The smallest absolute Gasteiger partial charge is 0.241 e. The zero-order valence-electron chi connectivity index (χ0n) is 17.6. The summed E-state index contributed by atoms with van der Waals surface area (Å²) in [5.41, 5.74) is 7.26. The number of hydrogen-bond acceptors (Lipinski definition) is 3. The first-order valence-electron chi connectivity index (χ1n) is 9.48. The summed E-state index contributed by atoms with van der Waals surface area (Å²) in [5, 5.41) is 0. The molecular formula is C22H32N2O2S. The van der Waals surface area contributed by atoms with Gasteiger partial charge < -0.3 is 4.90 Å². The molecule has 0 spiro atoms. The van der Waals surface area contributed by atoms with E-state index in [-0.39, 0.29) is 0 Å². The van der Waals surface area contributed by atoms with E-state index in [1.54, 1.807) is 0 Å². The maximum atomic E-state index is 13.0. The van der Waals surface area contributed by atoms with Gasteiger partial charge in [-0.25, -0.2) is 13.1 Å². The topological polar surface area (TPSA) is 49.4 Å². The second-order valence-corrected chi connectivity index (χ2v) is 8.97. The van der Waals surface area contributed by atoms with E-state index < -0.39 is 10.0 Å². The van der Waals surface area contributed by atoms with Gasteiger partial charge in [-0.3, -0.25) is 0 Å². The number of likely N-dealkylation sites (N-methyl/N-ethyl adjacent to an activating group) is 1. The summed E-state index contributed by atoms with van der Waals surface area (Å²) in [4.78, 5) is 2.61. The number of sulfonamides is 1. The fourth-order valence-electron chi connectivity index (χ4n) is 3.55. The highest BCUT2D eigenvalue weighted by molar-refractivity contribution is 7.89. The number of benzene rings is 2. The van der Waals surface area contributed by atoms with Gasteiger partial charge in [0.15, 0.2) is 0 Å². The van der Waals surface area contributed by atoms with Gasteiger partial charge >= 0.3 is 0 Å². The van der Waals surface area contributed by atoms with Crippen molar-refractivity contribution < 1.29 is 8.42 Å². The van der Waals surface area contributed by atoms with Crippen molar-refractivity contribution in [2.75, 3.05) is 24.5 Å². The van der Waals surface area contributed by atoms with Crippen molar-refractivity contribution in [1.29, 1.82) is 0 Å². The summed E-state index contributed by atoms with van der Waals surface area (Å²) in [6.07, 6.45) is 0. The van der Waals surface area contributed by atoms with Gasteiger partial charge in [0.2, 0.25) is 10.0 Å². The molecule has 0 unspecified atom stereocenters. The van der Waals surface area contributed by atoms with Crippen molar-refractivity contribution in [2.45, 2.75) is 53.4 Å². The lowest BCUT2D eigenvalue weighted by atomic mass is 9.95. The molecule has 0 saturated carbocycles. The first-order chi connectivity index (χ1) is 12.6. The molecule has 0 amide bonds. The molecule has 0 radical (unpaired) electrons. The molecule has 0 aliphatic carbocycles. The minimum Gasteiger partial charge on any atom is -0.370 e. The van der Waals surface area contributed by atoms with Crippen LogP contribution in [0.2, 0.25) is 0 Å². The van der Waals surface area contributed by atoms with Crippen molar-refractivity contribution in [1.82, 2.24) is 4.72 Å². The monoisotopic (exact) mass is 388 g/mol. The summed E-state index contributed by atoms with van der Waals surface area (Å²) in [7, 11) is -3.55. The van der Waals surface area contributed by atoms with Gasteiger partial charge in [0.1, 0.15) is 0 Å². The van der Waals surface area contributed by atoms with E-state index in [1.807, 2.05) is 33.8 Å². The van der Waals surface area contributed by atoms with E-state index in [2.05, 4.69) is 48.6 Å². The fourth-order valence-corrected chi connectivity index (χ4v) is 5.17. The Kier molecular flexibility index (Phi) is 6.71. The molecule has 0 aromatic heterocycles. The Morgan fingerprint density at radius 3 is 1.96 bits per heavy atom. The van der Waals surface area contributed by atoms with Crippen LogP contribution >= 0.6 is 0 Å². The average molecular weight is 389 g/mol. The van der Waals surface area contributed by atoms with Crippen LogP contribution in [0.1, 0.15) is 40.3 Å². The Balaban J connectivity index is 2.20. The first kappa shape index (κ1) is 21.5. The van der Waals surface area contributed by atoms with Crippen molar-refractivity contribution in [3.63, 3.8) is 0 Å². The third-order valence-corrected chi connectivity index (χ3v) is 7.36.